The van der Waals surface area contributed by atoms with Gasteiger partial charge in [-0.25, -0.2) is 4.98 Å². The quantitative estimate of drug-likeness (QED) is 0.838. The minimum absolute atomic E-state index is 0.171. The maximum atomic E-state index is 11.9. The van der Waals surface area contributed by atoms with Crippen LogP contribution >= 0.6 is 0 Å². The third-order valence-corrected chi connectivity index (χ3v) is 2.49. The largest absolute Gasteiger partial charge is 0.394 e. The number of hydrogen-bond donors (Lipinski definition) is 2. The van der Waals surface area contributed by atoms with Crippen LogP contribution in [0.25, 0.3) is 0 Å². The molecule has 1 amide bonds. The molecule has 0 aliphatic heterocycles. The first-order chi connectivity index (χ1) is 8.81. The molecule has 0 spiro atoms. The van der Waals surface area contributed by atoms with Crippen molar-refractivity contribution in [2.24, 2.45) is 0 Å². The zero-order chi connectivity index (χ0) is 12.8. The molecule has 1 unspecified atom stereocenters. The van der Waals surface area contributed by atoms with Crippen molar-refractivity contribution >= 4 is 5.91 Å². The molecule has 0 fully saturated rings. The Labute approximate surface area is 105 Å². The van der Waals surface area contributed by atoms with Gasteiger partial charge in [0, 0.05) is 12.4 Å². The van der Waals surface area contributed by atoms with Gasteiger partial charge in [0.1, 0.15) is 5.69 Å². The first kappa shape index (κ1) is 12.2. The summed E-state index contributed by atoms with van der Waals surface area (Å²) in [5.41, 5.74) is 1.07. The van der Waals surface area contributed by atoms with Gasteiger partial charge in [-0.2, -0.15) is 0 Å². The van der Waals surface area contributed by atoms with Gasteiger partial charge in [-0.05, 0) is 5.56 Å². The van der Waals surface area contributed by atoms with Crippen molar-refractivity contribution in [3.8, 4) is 0 Å². The molecule has 0 radical (unpaired) electrons. The van der Waals surface area contributed by atoms with Gasteiger partial charge in [0.05, 0.1) is 18.8 Å². The Bertz CT molecular complexity index is 502. The number of hydrogen-bond acceptors (Lipinski definition) is 4. The minimum Gasteiger partial charge on any atom is -0.394 e. The van der Waals surface area contributed by atoms with Crippen LogP contribution in [0.2, 0.25) is 0 Å². The molecule has 5 nitrogen and oxygen atoms in total. The van der Waals surface area contributed by atoms with Crippen LogP contribution in [0.15, 0.2) is 48.9 Å². The molecule has 0 aliphatic carbocycles. The van der Waals surface area contributed by atoms with E-state index in [0.29, 0.717) is 0 Å². The average Bonchev–Trinajstić information content (AvgIpc) is 2.46. The summed E-state index contributed by atoms with van der Waals surface area (Å²) in [4.78, 5) is 19.6. The number of aliphatic hydroxyl groups is 1. The Morgan fingerprint density at radius 2 is 2.06 bits per heavy atom. The van der Waals surface area contributed by atoms with Gasteiger partial charge < -0.3 is 10.4 Å². The molecule has 0 bridgehead atoms. The molecular weight excluding hydrogens is 230 g/mol. The summed E-state index contributed by atoms with van der Waals surface area (Å²) in [6, 6.07) is 8.83. The lowest BCUT2D eigenvalue weighted by Gasteiger charge is -2.16. The van der Waals surface area contributed by atoms with Crippen LogP contribution in [0, 0.1) is 0 Å². The molecule has 0 saturated heterocycles. The number of nitrogens with zero attached hydrogens (tertiary/aromatic N) is 2. The molecule has 2 N–H and O–H groups in total. The highest BCUT2D eigenvalue weighted by molar-refractivity contribution is 5.92. The SMILES string of the molecule is O=C(NC(CO)c1ccccc1)c1cnccn1. The fourth-order valence-electron chi connectivity index (χ4n) is 1.57. The zero-order valence-electron chi connectivity index (χ0n) is 9.65. The van der Waals surface area contributed by atoms with Crippen molar-refractivity contribution in [1.29, 1.82) is 0 Å². The number of nitrogens with one attached hydrogen (secondary N) is 1. The maximum absolute atomic E-state index is 11.9. The first-order valence-electron chi connectivity index (χ1n) is 5.54. The fourth-order valence-corrected chi connectivity index (χ4v) is 1.57. The van der Waals surface area contributed by atoms with Crippen LogP contribution in [-0.4, -0.2) is 27.6 Å². The summed E-state index contributed by atoms with van der Waals surface area (Å²) in [5.74, 6) is -0.356. The monoisotopic (exact) mass is 243 g/mol. The van der Waals surface area contributed by atoms with Crippen LogP contribution < -0.4 is 5.32 Å². The van der Waals surface area contributed by atoms with Crippen molar-refractivity contribution in [2.45, 2.75) is 6.04 Å². The predicted octanol–water partition coefficient (Wildman–Crippen LogP) is 0.940. The zero-order valence-corrected chi connectivity index (χ0v) is 9.65. The van der Waals surface area contributed by atoms with Gasteiger partial charge in [-0.1, -0.05) is 30.3 Å². The van der Waals surface area contributed by atoms with Crippen molar-refractivity contribution < 1.29 is 9.90 Å². The van der Waals surface area contributed by atoms with Gasteiger partial charge in [0.2, 0.25) is 0 Å². The van der Waals surface area contributed by atoms with Gasteiger partial charge in [0.25, 0.3) is 5.91 Å². The normalized spacial score (nSPS) is 11.8. The summed E-state index contributed by atoms with van der Waals surface area (Å²) in [7, 11) is 0. The number of rotatable bonds is 4. The summed E-state index contributed by atoms with van der Waals surface area (Å²) < 4.78 is 0. The molecule has 92 valence electrons. The predicted molar refractivity (Wildman–Crippen MR) is 65.8 cm³/mol. The Morgan fingerprint density at radius 1 is 1.28 bits per heavy atom. The number of carbonyl (C=O) groups excluding carboxylic acids is 1. The molecule has 2 aromatic rings. The van der Waals surface area contributed by atoms with Gasteiger partial charge in [-0.3, -0.25) is 9.78 Å². The minimum atomic E-state index is -0.444. The summed E-state index contributed by atoms with van der Waals surface area (Å²) in [5, 5.41) is 12.0. The first-order valence-corrected chi connectivity index (χ1v) is 5.54. The van der Waals surface area contributed by atoms with Crippen LogP contribution in [0.1, 0.15) is 22.1 Å². The number of aliphatic hydroxyl groups excluding tert-OH is 1. The Hall–Kier alpha value is -2.27. The lowest BCUT2D eigenvalue weighted by atomic mass is 10.1. The number of carbonyl (C=O) groups is 1. The molecule has 5 heteroatoms. The summed E-state index contributed by atoms with van der Waals surface area (Å²) in [6.45, 7) is -0.171. The Morgan fingerprint density at radius 3 is 2.67 bits per heavy atom. The van der Waals surface area contributed by atoms with E-state index in [1.54, 1.807) is 0 Å². The Balaban J connectivity index is 2.10. The highest BCUT2D eigenvalue weighted by atomic mass is 16.3. The van der Waals surface area contributed by atoms with Crippen LogP contribution in [0.4, 0.5) is 0 Å². The molecule has 1 aromatic heterocycles. The molecule has 18 heavy (non-hydrogen) atoms. The lowest BCUT2D eigenvalue weighted by molar-refractivity contribution is 0.0910. The second kappa shape index (κ2) is 5.88. The highest BCUT2D eigenvalue weighted by Gasteiger charge is 2.15. The lowest BCUT2D eigenvalue weighted by Crippen LogP contribution is -2.31. The molecule has 1 heterocycles. The Kier molecular flexibility index (Phi) is 3.98. The van der Waals surface area contributed by atoms with Gasteiger partial charge in [-0.15, -0.1) is 0 Å². The average molecular weight is 243 g/mol. The van der Waals surface area contributed by atoms with E-state index in [2.05, 4.69) is 15.3 Å². The number of amides is 1. The molecule has 0 saturated carbocycles. The van der Waals surface area contributed by atoms with E-state index in [0.717, 1.165) is 5.56 Å². The molecule has 1 atom stereocenters. The van der Waals surface area contributed by atoms with E-state index in [9.17, 15) is 9.90 Å². The molecular formula is C13H13N3O2. The van der Waals surface area contributed by atoms with Crippen LogP contribution in [-0.2, 0) is 0 Å². The van der Waals surface area contributed by atoms with Crippen LogP contribution in [0.3, 0.4) is 0 Å². The fraction of sp³-hybridized carbons (Fsp3) is 0.154. The summed E-state index contributed by atoms with van der Waals surface area (Å²) >= 11 is 0. The molecule has 2 rings (SSSR count). The third-order valence-electron chi connectivity index (χ3n) is 2.49. The van der Waals surface area contributed by atoms with Crippen molar-refractivity contribution in [2.75, 3.05) is 6.61 Å². The molecule has 0 aliphatic rings. The molecule has 1 aromatic carbocycles. The van der Waals surface area contributed by atoms with E-state index >= 15 is 0 Å². The van der Waals surface area contributed by atoms with Crippen molar-refractivity contribution in [3.63, 3.8) is 0 Å². The third kappa shape index (κ3) is 2.89. The van der Waals surface area contributed by atoms with Crippen molar-refractivity contribution in [1.82, 2.24) is 15.3 Å². The highest BCUT2D eigenvalue weighted by Crippen LogP contribution is 2.11. The van der Waals surface area contributed by atoms with E-state index in [1.807, 2.05) is 30.3 Å². The summed E-state index contributed by atoms with van der Waals surface area (Å²) in [6.07, 6.45) is 4.33. The van der Waals surface area contributed by atoms with E-state index in [4.69, 9.17) is 0 Å². The smallest absolute Gasteiger partial charge is 0.272 e. The van der Waals surface area contributed by atoms with Gasteiger partial charge in [0.15, 0.2) is 0 Å². The van der Waals surface area contributed by atoms with Gasteiger partial charge >= 0.3 is 0 Å². The maximum Gasteiger partial charge on any atom is 0.272 e. The van der Waals surface area contributed by atoms with E-state index in [1.165, 1.54) is 18.6 Å². The second-order valence-electron chi connectivity index (χ2n) is 3.71. The second-order valence-corrected chi connectivity index (χ2v) is 3.71. The van der Waals surface area contributed by atoms with Crippen LogP contribution in [0.5, 0.6) is 0 Å². The number of aromatic nitrogens is 2. The standard InChI is InChI=1S/C13H13N3O2/c17-9-12(10-4-2-1-3-5-10)16-13(18)11-8-14-6-7-15-11/h1-8,12,17H,9H2,(H,16,18). The van der Waals surface area contributed by atoms with E-state index < -0.39 is 6.04 Å². The topological polar surface area (TPSA) is 75.1 Å². The number of benzene rings is 1. The van der Waals surface area contributed by atoms with Crippen molar-refractivity contribution in [3.05, 3.63) is 60.2 Å². The van der Waals surface area contributed by atoms with E-state index in [-0.39, 0.29) is 18.2 Å².